The molecule has 0 aliphatic carbocycles. The highest BCUT2D eigenvalue weighted by atomic mass is 16.4. The van der Waals surface area contributed by atoms with Crippen LogP contribution in [0.15, 0.2) is 82.3 Å². The molecule has 0 radical (unpaired) electrons. The number of furan rings is 1. The van der Waals surface area contributed by atoms with Crippen LogP contribution in [-0.2, 0) is 6.54 Å². The van der Waals surface area contributed by atoms with E-state index >= 15 is 0 Å². The molecule has 0 amide bonds. The topological polar surface area (TPSA) is 60.1 Å². The van der Waals surface area contributed by atoms with Crippen LogP contribution in [0.1, 0.15) is 12.5 Å². The molecule has 5 rings (SSSR count). The second-order valence-electron chi connectivity index (χ2n) is 7.26. The van der Waals surface area contributed by atoms with Crippen molar-refractivity contribution in [1.82, 2.24) is 9.55 Å². The van der Waals surface area contributed by atoms with Gasteiger partial charge in [-0.05, 0) is 43.7 Å². The minimum absolute atomic E-state index is 0.0633. The zero-order chi connectivity index (χ0) is 20.7. The number of hydrogen-bond donors (Lipinski definition) is 1. The van der Waals surface area contributed by atoms with Crippen LogP contribution in [0.2, 0.25) is 0 Å². The van der Waals surface area contributed by atoms with E-state index in [4.69, 9.17) is 4.42 Å². The maximum atomic E-state index is 13.6. The van der Waals surface area contributed by atoms with Crippen molar-refractivity contribution in [2.75, 3.05) is 5.32 Å². The predicted octanol–water partition coefficient (Wildman–Crippen LogP) is 5.88. The summed E-state index contributed by atoms with van der Waals surface area (Å²) in [7, 11) is 0. The Morgan fingerprint density at radius 1 is 1.03 bits per heavy atom. The quantitative estimate of drug-likeness (QED) is 0.413. The van der Waals surface area contributed by atoms with Gasteiger partial charge in [0, 0.05) is 35.6 Å². The molecule has 0 saturated carbocycles. The molecule has 0 spiro atoms. The second-order valence-corrected chi connectivity index (χ2v) is 7.26. The van der Waals surface area contributed by atoms with Crippen molar-refractivity contribution in [3.63, 3.8) is 0 Å². The molecule has 0 aliphatic heterocycles. The van der Waals surface area contributed by atoms with Gasteiger partial charge in [-0.25, -0.2) is 0 Å². The Balaban J connectivity index is 1.90. The number of pyridine rings is 2. The van der Waals surface area contributed by atoms with Crippen molar-refractivity contribution in [3.8, 4) is 11.1 Å². The number of hydrogen-bond acceptors (Lipinski definition) is 4. The van der Waals surface area contributed by atoms with Crippen molar-refractivity contribution >= 4 is 33.4 Å². The minimum Gasteiger partial charge on any atom is -0.439 e. The number of rotatable bonds is 4. The van der Waals surface area contributed by atoms with Gasteiger partial charge in [0.1, 0.15) is 0 Å². The average Bonchev–Trinajstić information content (AvgIpc) is 3.16. The van der Waals surface area contributed by atoms with Gasteiger partial charge in [-0.3, -0.25) is 9.78 Å². The summed E-state index contributed by atoms with van der Waals surface area (Å²) in [6, 6.07) is 19.7. The molecule has 3 heterocycles. The van der Waals surface area contributed by atoms with Crippen LogP contribution in [0.5, 0.6) is 0 Å². The zero-order valence-electron chi connectivity index (χ0n) is 16.8. The van der Waals surface area contributed by atoms with Crippen LogP contribution >= 0.6 is 0 Å². The van der Waals surface area contributed by atoms with E-state index in [2.05, 4.69) is 10.3 Å². The van der Waals surface area contributed by atoms with Gasteiger partial charge in [0.25, 0.3) is 5.56 Å². The lowest BCUT2D eigenvalue weighted by atomic mass is 10.0. The number of anilines is 2. The van der Waals surface area contributed by atoms with Gasteiger partial charge in [0.2, 0.25) is 5.88 Å². The van der Waals surface area contributed by atoms with Crippen LogP contribution in [0.25, 0.3) is 33.0 Å². The first-order valence-corrected chi connectivity index (χ1v) is 10.00. The van der Waals surface area contributed by atoms with E-state index in [1.54, 1.807) is 17.0 Å². The molecule has 1 N–H and O–H groups in total. The van der Waals surface area contributed by atoms with Crippen molar-refractivity contribution < 1.29 is 4.42 Å². The number of aryl methyl sites for hydroxylation is 2. The maximum absolute atomic E-state index is 13.6. The molecule has 5 aromatic rings. The second kappa shape index (κ2) is 7.19. The van der Waals surface area contributed by atoms with E-state index in [-0.39, 0.29) is 5.56 Å². The van der Waals surface area contributed by atoms with Gasteiger partial charge in [0.05, 0.1) is 16.5 Å². The standard InChI is InChI=1S/C25H21N3O2/c1-3-28-20-13-7-5-11-18(20)23-22(25(28)29)21(17-10-8-14-26-15-17)24(30-23)27-19-12-6-4-9-16(19)2/h4-15,27H,3H2,1-2H3. The highest BCUT2D eigenvalue weighted by Gasteiger charge is 2.23. The number of benzene rings is 2. The number of aromatic nitrogens is 2. The van der Waals surface area contributed by atoms with E-state index in [0.29, 0.717) is 23.4 Å². The Morgan fingerprint density at radius 2 is 1.83 bits per heavy atom. The van der Waals surface area contributed by atoms with Crippen LogP contribution in [0.3, 0.4) is 0 Å². The first-order chi connectivity index (χ1) is 14.7. The fraction of sp³-hybridized carbons (Fsp3) is 0.120. The molecule has 0 bridgehead atoms. The summed E-state index contributed by atoms with van der Waals surface area (Å²) in [5.41, 5.74) is 4.99. The molecule has 0 atom stereocenters. The Morgan fingerprint density at radius 3 is 2.60 bits per heavy atom. The molecule has 148 valence electrons. The van der Waals surface area contributed by atoms with Crippen LogP contribution in [-0.4, -0.2) is 9.55 Å². The van der Waals surface area contributed by atoms with E-state index in [1.165, 1.54) is 0 Å². The zero-order valence-corrected chi connectivity index (χ0v) is 16.8. The highest BCUT2D eigenvalue weighted by Crippen LogP contribution is 2.40. The van der Waals surface area contributed by atoms with Gasteiger partial charge in [-0.2, -0.15) is 0 Å². The maximum Gasteiger partial charge on any atom is 0.262 e. The summed E-state index contributed by atoms with van der Waals surface area (Å²) in [6.45, 7) is 4.59. The lowest BCUT2D eigenvalue weighted by molar-refractivity contribution is 0.637. The molecule has 0 unspecified atom stereocenters. The number of para-hydroxylation sites is 2. The van der Waals surface area contributed by atoms with Gasteiger partial charge in [-0.15, -0.1) is 0 Å². The first-order valence-electron chi connectivity index (χ1n) is 10.00. The Bertz CT molecular complexity index is 1430. The molecule has 2 aromatic carbocycles. The molecule has 0 fully saturated rings. The minimum atomic E-state index is -0.0633. The van der Waals surface area contributed by atoms with E-state index in [9.17, 15) is 4.79 Å². The van der Waals surface area contributed by atoms with Gasteiger partial charge < -0.3 is 14.3 Å². The fourth-order valence-corrected chi connectivity index (χ4v) is 3.99. The van der Waals surface area contributed by atoms with E-state index in [1.807, 2.05) is 74.5 Å². The Hall–Kier alpha value is -3.86. The Labute approximate surface area is 173 Å². The molecular weight excluding hydrogens is 374 g/mol. The summed E-state index contributed by atoms with van der Waals surface area (Å²) >= 11 is 0. The monoisotopic (exact) mass is 395 g/mol. The van der Waals surface area contributed by atoms with Crippen molar-refractivity contribution in [2.24, 2.45) is 0 Å². The lowest BCUT2D eigenvalue weighted by Crippen LogP contribution is -2.19. The average molecular weight is 395 g/mol. The predicted molar refractivity (Wildman–Crippen MR) is 121 cm³/mol. The highest BCUT2D eigenvalue weighted by molar-refractivity contribution is 6.11. The summed E-state index contributed by atoms with van der Waals surface area (Å²) in [6.07, 6.45) is 3.48. The van der Waals surface area contributed by atoms with Gasteiger partial charge in [-0.1, -0.05) is 36.4 Å². The Kier molecular flexibility index (Phi) is 4.36. The van der Waals surface area contributed by atoms with E-state index in [0.717, 1.165) is 33.3 Å². The van der Waals surface area contributed by atoms with Crippen molar-refractivity contribution in [3.05, 3.63) is 89.0 Å². The molecule has 30 heavy (non-hydrogen) atoms. The molecule has 5 heteroatoms. The molecule has 3 aromatic heterocycles. The number of fused-ring (bicyclic) bond motifs is 3. The van der Waals surface area contributed by atoms with Crippen LogP contribution < -0.4 is 10.9 Å². The normalized spacial score (nSPS) is 11.3. The molecule has 0 aliphatic rings. The fourth-order valence-electron chi connectivity index (χ4n) is 3.99. The summed E-state index contributed by atoms with van der Waals surface area (Å²) in [5, 5.41) is 4.90. The summed E-state index contributed by atoms with van der Waals surface area (Å²) in [4.78, 5) is 17.8. The SMILES string of the molecule is CCn1c(=O)c2c(-c3cccnc3)c(Nc3ccccc3C)oc2c2ccccc21. The van der Waals surface area contributed by atoms with Gasteiger partial charge >= 0.3 is 0 Å². The largest absolute Gasteiger partial charge is 0.439 e. The summed E-state index contributed by atoms with van der Waals surface area (Å²) < 4.78 is 8.15. The molecule has 5 nitrogen and oxygen atoms in total. The lowest BCUT2D eigenvalue weighted by Gasteiger charge is -2.09. The third kappa shape index (κ3) is 2.78. The first kappa shape index (κ1) is 18.2. The third-order valence-corrected chi connectivity index (χ3v) is 5.47. The number of nitrogens with one attached hydrogen (secondary N) is 1. The van der Waals surface area contributed by atoms with Gasteiger partial charge in [0.15, 0.2) is 5.58 Å². The van der Waals surface area contributed by atoms with Crippen molar-refractivity contribution in [1.29, 1.82) is 0 Å². The smallest absolute Gasteiger partial charge is 0.262 e. The number of nitrogens with zero attached hydrogens (tertiary/aromatic N) is 2. The van der Waals surface area contributed by atoms with E-state index < -0.39 is 0 Å². The van der Waals surface area contributed by atoms with Crippen molar-refractivity contribution in [2.45, 2.75) is 20.4 Å². The molecular formula is C25H21N3O2. The summed E-state index contributed by atoms with van der Waals surface area (Å²) in [5.74, 6) is 0.545. The van der Waals surface area contributed by atoms with Crippen LogP contribution in [0, 0.1) is 6.92 Å². The third-order valence-electron chi connectivity index (χ3n) is 5.47. The molecule has 0 saturated heterocycles. The van der Waals surface area contributed by atoms with Crippen LogP contribution in [0.4, 0.5) is 11.6 Å².